The van der Waals surface area contributed by atoms with Crippen LogP contribution in [0.5, 0.6) is 5.75 Å². The summed E-state index contributed by atoms with van der Waals surface area (Å²) in [5.74, 6) is 0.628. The minimum absolute atomic E-state index is 0.565. The standard InChI is InChI=1S/C13H14O5S/c1-16-11-3-4-12(13-17-6-7-18-13)10(9-11)5-8-19(2,14)15/h3-9,13H,1-2H3. The third kappa shape index (κ3) is 3.51. The molecule has 1 aromatic rings. The summed E-state index contributed by atoms with van der Waals surface area (Å²) in [7, 11) is -1.66. The van der Waals surface area contributed by atoms with Crippen molar-refractivity contribution in [3.8, 4) is 5.75 Å². The van der Waals surface area contributed by atoms with E-state index in [-0.39, 0.29) is 0 Å². The van der Waals surface area contributed by atoms with Crippen molar-refractivity contribution in [2.45, 2.75) is 6.29 Å². The monoisotopic (exact) mass is 282 g/mol. The second-order valence-electron chi connectivity index (χ2n) is 4.00. The third-order valence-electron chi connectivity index (χ3n) is 2.50. The smallest absolute Gasteiger partial charge is 0.266 e. The molecule has 1 heterocycles. The molecule has 0 saturated heterocycles. The average Bonchev–Trinajstić information content (AvgIpc) is 2.88. The predicted molar refractivity (Wildman–Crippen MR) is 70.9 cm³/mol. The Kier molecular flexibility index (Phi) is 3.80. The lowest BCUT2D eigenvalue weighted by atomic mass is 10.1. The van der Waals surface area contributed by atoms with E-state index < -0.39 is 16.1 Å². The molecule has 0 bridgehead atoms. The zero-order chi connectivity index (χ0) is 13.9. The van der Waals surface area contributed by atoms with Crippen LogP contribution in [-0.4, -0.2) is 21.8 Å². The van der Waals surface area contributed by atoms with E-state index in [2.05, 4.69) is 0 Å². The molecule has 2 rings (SSSR count). The number of hydrogen-bond donors (Lipinski definition) is 0. The summed E-state index contributed by atoms with van der Waals surface area (Å²) < 4.78 is 38.0. The Morgan fingerprint density at radius 1 is 1.26 bits per heavy atom. The SMILES string of the molecule is COc1ccc(C2OC=CO2)c(C=CS(C)(=O)=O)c1. The maximum Gasteiger partial charge on any atom is 0.266 e. The molecule has 6 heteroatoms. The first-order chi connectivity index (χ1) is 8.99. The molecule has 0 amide bonds. The highest BCUT2D eigenvalue weighted by Gasteiger charge is 2.19. The fraction of sp³-hybridized carbons (Fsp3) is 0.231. The minimum Gasteiger partial charge on any atom is -0.497 e. The van der Waals surface area contributed by atoms with Gasteiger partial charge in [0.25, 0.3) is 6.29 Å². The van der Waals surface area contributed by atoms with Crippen molar-refractivity contribution in [2.75, 3.05) is 13.4 Å². The molecule has 1 aromatic carbocycles. The van der Waals surface area contributed by atoms with Gasteiger partial charge in [-0.3, -0.25) is 0 Å². The molecule has 19 heavy (non-hydrogen) atoms. The predicted octanol–water partition coefficient (Wildman–Crippen LogP) is 2.23. The van der Waals surface area contributed by atoms with Crippen LogP contribution in [0.4, 0.5) is 0 Å². The van der Waals surface area contributed by atoms with Crippen LogP contribution in [0.1, 0.15) is 17.4 Å². The van der Waals surface area contributed by atoms with E-state index in [1.165, 1.54) is 18.6 Å². The number of rotatable bonds is 4. The summed E-state index contributed by atoms with van der Waals surface area (Å²) in [6, 6.07) is 5.26. The Morgan fingerprint density at radius 3 is 2.53 bits per heavy atom. The van der Waals surface area contributed by atoms with Crippen LogP contribution in [0.15, 0.2) is 36.1 Å². The second-order valence-corrected chi connectivity index (χ2v) is 5.93. The number of ether oxygens (including phenoxy) is 3. The van der Waals surface area contributed by atoms with Crippen molar-refractivity contribution in [1.29, 1.82) is 0 Å². The van der Waals surface area contributed by atoms with Crippen LogP contribution < -0.4 is 4.74 Å². The number of benzene rings is 1. The molecule has 102 valence electrons. The highest BCUT2D eigenvalue weighted by atomic mass is 32.2. The maximum absolute atomic E-state index is 11.2. The summed E-state index contributed by atoms with van der Waals surface area (Å²) in [5.41, 5.74) is 1.39. The molecule has 0 aromatic heterocycles. The number of methoxy groups -OCH3 is 1. The summed E-state index contributed by atoms with van der Waals surface area (Å²) in [4.78, 5) is 0. The summed E-state index contributed by atoms with van der Waals surface area (Å²) in [5, 5.41) is 1.13. The van der Waals surface area contributed by atoms with Crippen molar-refractivity contribution in [1.82, 2.24) is 0 Å². The summed E-state index contributed by atoms with van der Waals surface area (Å²) >= 11 is 0. The van der Waals surface area contributed by atoms with Crippen LogP contribution in [0, 0.1) is 0 Å². The first kappa shape index (κ1) is 13.5. The fourth-order valence-electron chi connectivity index (χ4n) is 1.62. The quantitative estimate of drug-likeness (QED) is 0.847. The van der Waals surface area contributed by atoms with Gasteiger partial charge in [0, 0.05) is 17.2 Å². The second kappa shape index (κ2) is 5.36. The van der Waals surface area contributed by atoms with E-state index in [1.54, 1.807) is 25.3 Å². The van der Waals surface area contributed by atoms with Crippen molar-refractivity contribution < 1.29 is 22.6 Å². The minimum atomic E-state index is -3.20. The molecule has 0 N–H and O–H groups in total. The van der Waals surface area contributed by atoms with Gasteiger partial charge in [-0.15, -0.1) is 0 Å². The van der Waals surface area contributed by atoms with E-state index in [0.29, 0.717) is 11.3 Å². The Labute approximate surface area is 112 Å². The van der Waals surface area contributed by atoms with Gasteiger partial charge >= 0.3 is 0 Å². The zero-order valence-corrected chi connectivity index (χ0v) is 11.4. The maximum atomic E-state index is 11.2. The Balaban J connectivity index is 2.39. The van der Waals surface area contributed by atoms with E-state index in [1.807, 2.05) is 0 Å². The molecule has 1 aliphatic rings. The average molecular weight is 282 g/mol. The Bertz CT molecular complexity index is 608. The van der Waals surface area contributed by atoms with E-state index in [9.17, 15) is 8.42 Å². The molecule has 0 saturated carbocycles. The van der Waals surface area contributed by atoms with Crippen molar-refractivity contribution >= 4 is 15.9 Å². The lowest BCUT2D eigenvalue weighted by molar-refractivity contribution is -0.0247. The number of sulfone groups is 1. The molecule has 0 fully saturated rings. The Morgan fingerprint density at radius 2 is 1.95 bits per heavy atom. The molecular formula is C13H14O5S. The van der Waals surface area contributed by atoms with Gasteiger partial charge in [0.2, 0.25) is 0 Å². The molecule has 0 radical (unpaired) electrons. The van der Waals surface area contributed by atoms with E-state index in [4.69, 9.17) is 14.2 Å². The molecule has 0 spiro atoms. The van der Waals surface area contributed by atoms with Crippen LogP contribution in [0.3, 0.4) is 0 Å². The van der Waals surface area contributed by atoms with Gasteiger partial charge in [0.1, 0.15) is 18.3 Å². The molecule has 0 aliphatic carbocycles. The van der Waals surface area contributed by atoms with Crippen LogP contribution in [-0.2, 0) is 19.3 Å². The number of hydrogen-bond acceptors (Lipinski definition) is 5. The van der Waals surface area contributed by atoms with E-state index >= 15 is 0 Å². The molecule has 0 unspecified atom stereocenters. The van der Waals surface area contributed by atoms with E-state index in [0.717, 1.165) is 17.2 Å². The highest BCUT2D eigenvalue weighted by molar-refractivity contribution is 7.93. The summed E-state index contributed by atoms with van der Waals surface area (Å²) in [6.45, 7) is 0. The van der Waals surface area contributed by atoms with Gasteiger partial charge in [-0.25, -0.2) is 8.42 Å². The topological polar surface area (TPSA) is 61.8 Å². The fourth-order valence-corrected chi connectivity index (χ4v) is 2.02. The molecule has 5 nitrogen and oxygen atoms in total. The first-order valence-corrected chi connectivity index (χ1v) is 7.47. The van der Waals surface area contributed by atoms with Gasteiger partial charge in [-0.05, 0) is 29.8 Å². The normalized spacial score (nSPS) is 15.5. The van der Waals surface area contributed by atoms with Gasteiger partial charge in [-0.1, -0.05) is 0 Å². The van der Waals surface area contributed by atoms with Crippen LogP contribution in [0.25, 0.3) is 6.08 Å². The Hall–Kier alpha value is -1.95. The summed E-state index contributed by atoms with van der Waals surface area (Å²) in [6.07, 6.45) is 4.95. The van der Waals surface area contributed by atoms with Crippen molar-refractivity contribution in [3.63, 3.8) is 0 Å². The lowest BCUT2D eigenvalue weighted by Crippen LogP contribution is -2.01. The molecule has 1 aliphatic heterocycles. The van der Waals surface area contributed by atoms with Crippen molar-refractivity contribution in [3.05, 3.63) is 47.3 Å². The highest BCUT2D eigenvalue weighted by Crippen LogP contribution is 2.30. The van der Waals surface area contributed by atoms with Crippen LogP contribution in [0.2, 0.25) is 0 Å². The molecule has 0 atom stereocenters. The first-order valence-electron chi connectivity index (χ1n) is 5.51. The van der Waals surface area contributed by atoms with Gasteiger partial charge < -0.3 is 14.2 Å². The largest absolute Gasteiger partial charge is 0.497 e. The lowest BCUT2D eigenvalue weighted by Gasteiger charge is -2.14. The van der Waals surface area contributed by atoms with Gasteiger partial charge in [0.15, 0.2) is 9.84 Å². The molecular weight excluding hydrogens is 268 g/mol. The third-order valence-corrected chi connectivity index (χ3v) is 3.13. The van der Waals surface area contributed by atoms with Gasteiger partial charge in [0.05, 0.1) is 7.11 Å². The van der Waals surface area contributed by atoms with Crippen molar-refractivity contribution in [2.24, 2.45) is 0 Å². The van der Waals surface area contributed by atoms with Gasteiger partial charge in [-0.2, -0.15) is 0 Å². The zero-order valence-electron chi connectivity index (χ0n) is 10.6. The van der Waals surface area contributed by atoms with Crippen LogP contribution >= 0.6 is 0 Å².